The van der Waals surface area contributed by atoms with Gasteiger partial charge in [0.05, 0.1) is 34.4 Å². The van der Waals surface area contributed by atoms with E-state index in [-0.39, 0.29) is 30.6 Å². The molecule has 2 aromatic heterocycles. The third kappa shape index (κ3) is 5.20. The molecule has 0 unspecified atom stereocenters. The minimum Gasteiger partial charge on any atom is -0.391 e. The highest BCUT2D eigenvalue weighted by Crippen LogP contribution is 2.30. The van der Waals surface area contributed by atoms with Gasteiger partial charge in [-0.25, -0.2) is 9.97 Å². The number of benzene rings is 1. The fourth-order valence-electron chi connectivity index (χ4n) is 4.47. The van der Waals surface area contributed by atoms with E-state index in [0.717, 1.165) is 21.7 Å². The van der Waals surface area contributed by atoms with E-state index in [2.05, 4.69) is 32.3 Å². The van der Waals surface area contributed by atoms with Crippen molar-refractivity contribution < 1.29 is 14.7 Å². The van der Waals surface area contributed by atoms with Crippen LogP contribution in [0.5, 0.6) is 0 Å². The van der Waals surface area contributed by atoms with Crippen LogP contribution in [-0.4, -0.2) is 60.6 Å². The van der Waals surface area contributed by atoms with Crippen LogP contribution in [0, 0.1) is 12.8 Å². The number of thiazole rings is 1. The van der Waals surface area contributed by atoms with Gasteiger partial charge in [0.2, 0.25) is 5.91 Å². The normalized spacial score (nSPS) is 18.9. The first-order valence-corrected chi connectivity index (χ1v) is 12.4. The fraction of sp³-hybridized carbons (Fsp3) is 0.440. The lowest BCUT2D eigenvalue weighted by atomic mass is 9.92. The van der Waals surface area contributed by atoms with Crippen molar-refractivity contribution in [2.45, 2.75) is 58.1 Å². The van der Waals surface area contributed by atoms with Gasteiger partial charge in [-0.15, -0.1) is 16.4 Å². The zero-order valence-corrected chi connectivity index (χ0v) is 20.4. The Hall–Kier alpha value is -3.04. The fourth-order valence-corrected chi connectivity index (χ4v) is 5.28. The van der Waals surface area contributed by atoms with Gasteiger partial charge in [-0.05, 0) is 30.4 Å². The van der Waals surface area contributed by atoms with Crippen molar-refractivity contribution in [3.8, 4) is 10.4 Å². The molecule has 9 heteroatoms. The van der Waals surface area contributed by atoms with Crippen molar-refractivity contribution in [1.29, 1.82) is 0 Å². The first-order chi connectivity index (χ1) is 16.3. The number of ketones is 1. The van der Waals surface area contributed by atoms with Gasteiger partial charge in [0.1, 0.15) is 5.92 Å². The summed E-state index contributed by atoms with van der Waals surface area (Å²) in [5, 5.41) is 18.2. The Morgan fingerprint density at radius 2 is 1.94 bits per heavy atom. The summed E-state index contributed by atoms with van der Waals surface area (Å²) in [5.41, 5.74) is 5.02. The number of carbonyl (C=O) groups is 2. The third-order valence-corrected chi connectivity index (χ3v) is 7.24. The molecule has 3 aromatic rings. The summed E-state index contributed by atoms with van der Waals surface area (Å²) >= 11 is 1.61. The number of amides is 1. The average Bonchev–Trinajstić information content (AvgIpc) is 3.44. The van der Waals surface area contributed by atoms with Crippen LogP contribution in [0.3, 0.4) is 0 Å². The number of hydrogen-bond acceptors (Lipinski definition) is 8. The molecule has 0 bridgehead atoms. The number of likely N-dealkylation sites (tertiary alicyclic amines) is 1. The molecule has 1 amide bonds. The zero-order valence-electron chi connectivity index (χ0n) is 19.6. The maximum Gasteiger partial charge on any atom is 0.234 e. The number of aliphatic hydroxyl groups is 1. The minimum atomic E-state index is -0.720. The number of β-amino-alcohol motifs (C(OH)–C–C–N with tert-alkyl or cyclic N) is 1. The van der Waals surface area contributed by atoms with Crippen molar-refractivity contribution >= 4 is 23.0 Å². The highest BCUT2D eigenvalue weighted by atomic mass is 32.1. The Morgan fingerprint density at radius 3 is 2.56 bits per heavy atom. The summed E-state index contributed by atoms with van der Waals surface area (Å²) in [6.45, 7) is 5.96. The number of aryl methyl sites for hydroxylation is 2. The number of Topliss-reactive ketones (excluding diaryl/α,β-unsaturated/α-hetero) is 1. The molecule has 34 heavy (non-hydrogen) atoms. The van der Waals surface area contributed by atoms with Crippen LogP contribution in [0.1, 0.15) is 49.7 Å². The van der Waals surface area contributed by atoms with Gasteiger partial charge in [0, 0.05) is 25.6 Å². The molecule has 1 N–H and O–H groups in total. The van der Waals surface area contributed by atoms with Crippen molar-refractivity contribution in [2.24, 2.45) is 5.92 Å². The van der Waals surface area contributed by atoms with Crippen molar-refractivity contribution in [3.63, 3.8) is 0 Å². The molecular formula is C25H29N5O3S. The van der Waals surface area contributed by atoms with Crippen LogP contribution in [0.4, 0.5) is 0 Å². The van der Waals surface area contributed by atoms with Crippen molar-refractivity contribution in [3.05, 3.63) is 59.3 Å². The van der Waals surface area contributed by atoms with Crippen molar-refractivity contribution in [1.82, 2.24) is 25.1 Å². The summed E-state index contributed by atoms with van der Waals surface area (Å²) < 4.78 is 0. The van der Waals surface area contributed by atoms with Crippen LogP contribution in [0.25, 0.3) is 10.4 Å². The topological polar surface area (TPSA) is 109 Å². The first-order valence-electron chi connectivity index (χ1n) is 11.5. The van der Waals surface area contributed by atoms with E-state index in [4.69, 9.17) is 0 Å². The van der Waals surface area contributed by atoms with Gasteiger partial charge in [-0.3, -0.25) is 9.59 Å². The summed E-state index contributed by atoms with van der Waals surface area (Å²) in [4.78, 5) is 37.8. The Balaban J connectivity index is 1.43. The lowest BCUT2D eigenvalue weighted by Gasteiger charge is -2.29. The molecule has 178 valence electrons. The summed E-state index contributed by atoms with van der Waals surface area (Å²) in [6, 6.07) is 7.53. The molecule has 3 heterocycles. The maximum atomic E-state index is 13.5. The second-order valence-electron chi connectivity index (χ2n) is 9.05. The number of hydrogen-bond donors (Lipinski definition) is 1. The van der Waals surface area contributed by atoms with Gasteiger partial charge in [-0.2, -0.15) is 5.10 Å². The van der Waals surface area contributed by atoms with E-state index in [1.54, 1.807) is 11.3 Å². The number of aliphatic hydroxyl groups excluding tert-OH is 1. The smallest absolute Gasteiger partial charge is 0.234 e. The monoisotopic (exact) mass is 479 g/mol. The quantitative estimate of drug-likeness (QED) is 0.528. The number of rotatable bonds is 8. The molecule has 0 radical (unpaired) electrons. The number of aromatic nitrogens is 4. The van der Waals surface area contributed by atoms with Gasteiger partial charge >= 0.3 is 0 Å². The predicted octanol–water partition coefficient (Wildman–Crippen LogP) is 3.21. The number of nitrogens with zero attached hydrogens (tertiary/aromatic N) is 5. The predicted molar refractivity (Wildman–Crippen MR) is 129 cm³/mol. The largest absolute Gasteiger partial charge is 0.391 e. The van der Waals surface area contributed by atoms with E-state index in [0.29, 0.717) is 18.7 Å². The molecule has 3 atom stereocenters. The van der Waals surface area contributed by atoms with E-state index in [9.17, 15) is 14.7 Å². The van der Waals surface area contributed by atoms with Gasteiger partial charge < -0.3 is 10.0 Å². The molecule has 1 aliphatic heterocycles. The molecular weight excluding hydrogens is 450 g/mol. The average molecular weight is 480 g/mol. The molecule has 4 rings (SSSR count). The molecule has 0 saturated carbocycles. The summed E-state index contributed by atoms with van der Waals surface area (Å²) in [5.74, 6) is -0.627. The highest BCUT2D eigenvalue weighted by Gasteiger charge is 2.42. The van der Waals surface area contributed by atoms with Crippen LogP contribution >= 0.6 is 11.3 Å². The van der Waals surface area contributed by atoms with Gasteiger partial charge in [-0.1, -0.05) is 38.1 Å². The molecule has 1 saturated heterocycles. The van der Waals surface area contributed by atoms with Gasteiger partial charge in [0.25, 0.3) is 0 Å². The second kappa shape index (κ2) is 10.5. The third-order valence-electron chi connectivity index (χ3n) is 6.27. The second-order valence-corrected chi connectivity index (χ2v) is 9.90. The minimum absolute atomic E-state index is 0.0399. The molecule has 0 aliphatic carbocycles. The Morgan fingerprint density at radius 1 is 1.18 bits per heavy atom. The number of carbonyl (C=O) groups excluding carboxylic acids is 2. The van der Waals surface area contributed by atoms with E-state index in [1.807, 2.05) is 38.4 Å². The Bertz CT molecular complexity index is 1130. The summed E-state index contributed by atoms with van der Waals surface area (Å²) in [7, 11) is 0. The van der Waals surface area contributed by atoms with Crippen LogP contribution in [0.2, 0.25) is 0 Å². The van der Waals surface area contributed by atoms with Crippen LogP contribution < -0.4 is 0 Å². The lowest BCUT2D eigenvalue weighted by molar-refractivity contribution is -0.140. The SMILES string of the molecule is Cc1ncsc1-c1ccc(CCC(=O)[C@@H]2C[C@@H](O)CN2C(=O)[C@@H](c2nccnn2)C(C)C)cc1. The zero-order chi connectivity index (χ0) is 24.2. The van der Waals surface area contributed by atoms with Gasteiger partial charge in [0.15, 0.2) is 11.6 Å². The Kier molecular flexibility index (Phi) is 7.43. The molecule has 1 aromatic carbocycles. The first kappa shape index (κ1) is 24.1. The lowest BCUT2D eigenvalue weighted by Crippen LogP contribution is -2.44. The summed E-state index contributed by atoms with van der Waals surface area (Å²) in [6.07, 6.45) is 3.38. The highest BCUT2D eigenvalue weighted by molar-refractivity contribution is 7.13. The van der Waals surface area contributed by atoms with Crippen molar-refractivity contribution in [2.75, 3.05) is 6.54 Å². The van der Waals surface area contributed by atoms with Crippen LogP contribution in [0.15, 0.2) is 42.2 Å². The molecule has 1 fully saturated rings. The standard InChI is InChI=1S/C25H29N5O3S/c1-15(2)22(24-26-10-11-28-29-24)25(33)30-13-19(31)12-20(30)21(32)9-6-17-4-7-18(8-5-17)23-16(3)27-14-34-23/h4-5,7-8,10-11,14-15,19-20,22,31H,6,9,12-13H2,1-3H3/t19-,20+,22-/m1/s1. The Labute approximate surface area is 203 Å². The van der Waals surface area contributed by atoms with E-state index >= 15 is 0 Å². The van der Waals surface area contributed by atoms with E-state index < -0.39 is 18.1 Å². The van der Waals surface area contributed by atoms with E-state index in [1.165, 1.54) is 17.3 Å². The molecule has 0 spiro atoms. The van der Waals surface area contributed by atoms with Crippen LogP contribution in [-0.2, 0) is 16.0 Å². The molecule has 1 aliphatic rings. The maximum absolute atomic E-state index is 13.5. The molecule has 8 nitrogen and oxygen atoms in total.